The second kappa shape index (κ2) is 8.53. The van der Waals surface area contributed by atoms with E-state index >= 15 is 0 Å². The molecule has 1 atom stereocenters. The van der Waals surface area contributed by atoms with Gasteiger partial charge in [-0.1, -0.05) is 11.8 Å². The van der Waals surface area contributed by atoms with Crippen LogP contribution in [0.4, 0.5) is 8.78 Å². The quantitative estimate of drug-likeness (QED) is 0.493. The molecule has 0 unspecified atom stereocenters. The Labute approximate surface area is 170 Å². The largest absolute Gasteiger partial charge is 0.435 e. The van der Waals surface area contributed by atoms with Crippen molar-refractivity contribution < 1.29 is 26.7 Å². The second-order valence-corrected chi connectivity index (χ2v) is 9.60. The molecule has 158 valence electrons. The topological polar surface area (TPSA) is 120 Å². The number of benzene rings is 1. The average Bonchev–Trinajstić information content (AvgIpc) is 3.21. The number of nitrogen functional groups attached to an aromatic ring is 1. The van der Waals surface area contributed by atoms with Crippen LogP contribution in [0.15, 0.2) is 29.4 Å². The van der Waals surface area contributed by atoms with Crippen LogP contribution >= 0.6 is 11.8 Å². The number of nitrogens with zero attached hydrogens (tertiary/aromatic N) is 4. The van der Waals surface area contributed by atoms with Crippen LogP contribution in [0.2, 0.25) is 0 Å². The molecule has 3 rings (SSSR count). The maximum Gasteiger partial charge on any atom is 0.387 e. The molecule has 0 spiro atoms. The van der Waals surface area contributed by atoms with E-state index in [1.807, 2.05) is 0 Å². The van der Waals surface area contributed by atoms with Gasteiger partial charge in [-0.25, -0.2) is 13.1 Å². The summed E-state index contributed by atoms with van der Waals surface area (Å²) in [4.78, 5) is 13.8. The lowest BCUT2D eigenvalue weighted by Crippen LogP contribution is -2.38. The Morgan fingerprint density at radius 2 is 2.07 bits per heavy atom. The lowest BCUT2D eigenvalue weighted by atomic mass is 10.2. The minimum absolute atomic E-state index is 0.00370. The van der Waals surface area contributed by atoms with E-state index in [4.69, 9.17) is 5.84 Å². The summed E-state index contributed by atoms with van der Waals surface area (Å²) in [5.41, 5.74) is 0.535. The molecule has 0 saturated carbocycles. The van der Waals surface area contributed by atoms with Crippen LogP contribution in [0.25, 0.3) is 11.4 Å². The number of carbonyl (C=O) groups excluding carboxylic acids is 1. The number of aromatic nitrogens is 3. The van der Waals surface area contributed by atoms with E-state index in [0.29, 0.717) is 17.8 Å². The number of nitrogens with two attached hydrogens (primary N) is 1. The van der Waals surface area contributed by atoms with Gasteiger partial charge in [0.2, 0.25) is 11.1 Å². The van der Waals surface area contributed by atoms with Crippen LogP contribution < -0.4 is 10.6 Å². The minimum atomic E-state index is -3.08. The molecule has 1 aromatic heterocycles. The molecule has 2 aromatic rings. The summed E-state index contributed by atoms with van der Waals surface area (Å²) >= 11 is 1.07. The number of alkyl halides is 2. The first kappa shape index (κ1) is 21.3. The molecule has 1 aromatic carbocycles. The SMILES string of the molecule is CN(C(=O)CSc1nnc(-c2ccc(OC(F)F)cc2)n1N)[C@@H]1CCS(=O)(=O)C1. The summed E-state index contributed by atoms with van der Waals surface area (Å²) in [6, 6.07) is 5.42. The molecule has 13 heteroatoms. The van der Waals surface area contributed by atoms with E-state index in [9.17, 15) is 22.0 Å². The van der Waals surface area contributed by atoms with Gasteiger partial charge in [0.15, 0.2) is 15.7 Å². The maximum absolute atomic E-state index is 12.4. The van der Waals surface area contributed by atoms with E-state index in [-0.39, 0.29) is 40.1 Å². The van der Waals surface area contributed by atoms with Crippen LogP contribution in [-0.4, -0.2) is 71.1 Å². The molecule has 0 aliphatic carbocycles. The van der Waals surface area contributed by atoms with E-state index < -0.39 is 16.4 Å². The molecule has 2 N–H and O–H groups in total. The Balaban J connectivity index is 1.61. The Morgan fingerprint density at radius 3 is 2.66 bits per heavy atom. The minimum Gasteiger partial charge on any atom is -0.435 e. The highest BCUT2D eigenvalue weighted by atomic mass is 32.2. The average molecular weight is 447 g/mol. The van der Waals surface area contributed by atoms with Gasteiger partial charge >= 0.3 is 6.61 Å². The first-order valence-electron chi connectivity index (χ1n) is 8.51. The molecule has 0 bridgehead atoms. The molecular weight excluding hydrogens is 428 g/mol. The smallest absolute Gasteiger partial charge is 0.387 e. The Morgan fingerprint density at radius 1 is 1.38 bits per heavy atom. The van der Waals surface area contributed by atoms with Gasteiger partial charge in [0.05, 0.1) is 17.3 Å². The fourth-order valence-corrected chi connectivity index (χ4v) is 5.43. The number of hydrogen-bond acceptors (Lipinski definition) is 8. The number of halogens is 2. The maximum atomic E-state index is 12.4. The van der Waals surface area contributed by atoms with Gasteiger partial charge in [-0.3, -0.25) is 4.79 Å². The monoisotopic (exact) mass is 447 g/mol. The standard InChI is InChI=1S/C16H19F2N5O4S2/c1-22(11-6-7-29(25,26)9-11)13(24)8-28-16-21-20-14(23(16)19)10-2-4-12(5-3-10)27-15(17)18/h2-5,11,15H,6-9,19H2,1H3/t11-/m1/s1. The zero-order chi connectivity index (χ0) is 21.2. The van der Waals surface area contributed by atoms with Gasteiger partial charge in [0, 0.05) is 18.7 Å². The molecule has 1 saturated heterocycles. The zero-order valence-corrected chi connectivity index (χ0v) is 17.0. The van der Waals surface area contributed by atoms with E-state index in [1.54, 1.807) is 7.05 Å². The summed E-state index contributed by atoms with van der Waals surface area (Å²) in [7, 11) is -1.50. The molecule has 1 fully saturated rings. The molecule has 0 radical (unpaired) electrons. The van der Waals surface area contributed by atoms with Crippen molar-refractivity contribution >= 4 is 27.5 Å². The highest BCUT2D eigenvalue weighted by molar-refractivity contribution is 7.99. The predicted octanol–water partition coefficient (Wildman–Crippen LogP) is 0.998. The lowest BCUT2D eigenvalue weighted by Gasteiger charge is -2.23. The van der Waals surface area contributed by atoms with Crippen LogP contribution in [0.5, 0.6) is 5.75 Å². The highest BCUT2D eigenvalue weighted by Gasteiger charge is 2.32. The lowest BCUT2D eigenvalue weighted by molar-refractivity contribution is -0.128. The highest BCUT2D eigenvalue weighted by Crippen LogP contribution is 2.25. The molecule has 1 aliphatic rings. The number of carbonyl (C=O) groups is 1. The Kier molecular flexibility index (Phi) is 6.27. The summed E-state index contributed by atoms with van der Waals surface area (Å²) in [6.07, 6.45) is 0.428. The van der Waals surface area contributed by atoms with Gasteiger partial charge in [-0.2, -0.15) is 8.78 Å². The number of amides is 1. The number of hydrogen-bond donors (Lipinski definition) is 1. The number of ether oxygens (including phenoxy) is 1. The molecule has 1 aliphatic heterocycles. The first-order valence-corrected chi connectivity index (χ1v) is 11.3. The van der Waals surface area contributed by atoms with Crippen molar-refractivity contribution in [3.63, 3.8) is 0 Å². The van der Waals surface area contributed by atoms with Crippen molar-refractivity contribution in [2.45, 2.75) is 24.2 Å². The third-order valence-electron chi connectivity index (χ3n) is 4.48. The van der Waals surface area contributed by atoms with Crippen molar-refractivity contribution in [1.82, 2.24) is 19.8 Å². The van der Waals surface area contributed by atoms with E-state index in [0.717, 1.165) is 11.8 Å². The third kappa shape index (κ3) is 5.15. The fourth-order valence-electron chi connectivity index (χ4n) is 2.87. The van der Waals surface area contributed by atoms with Crippen molar-refractivity contribution in [1.29, 1.82) is 0 Å². The predicted molar refractivity (Wildman–Crippen MR) is 103 cm³/mol. The van der Waals surface area contributed by atoms with Crippen molar-refractivity contribution in [2.75, 3.05) is 30.1 Å². The van der Waals surface area contributed by atoms with Gasteiger partial charge < -0.3 is 15.5 Å². The second-order valence-electron chi connectivity index (χ2n) is 6.43. The van der Waals surface area contributed by atoms with Crippen LogP contribution in [0, 0.1) is 0 Å². The molecular formula is C16H19F2N5O4S2. The van der Waals surface area contributed by atoms with E-state index in [2.05, 4.69) is 14.9 Å². The van der Waals surface area contributed by atoms with Gasteiger partial charge in [-0.05, 0) is 30.7 Å². The summed E-state index contributed by atoms with van der Waals surface area (Å²) < 4.78 is 53.1. The van der Waals surface area contributed by atoms with Crippen LogP contribution in [0.1, 0.15) is 6.42 Å². The first-order chi connectivity index (χ1) is 13.7. The number of rotatable bonds is 7. The van der Waals surface area contributed by atoms with Gasteiger partial charge in [0.1, 0.15) is 5.75 Å². The third-order valence-corrected chi connectivity index (χ3v) is 7.15. The molecule has 1 amide bonds. The normalized spacial score (nSPS) is 18.1. The van der Waals surface area contributed by atoms with Gasteiger partial charge in [-0.15, -0.1) is 10.2 Å². The van der Waals surface area contributed by atoms with Crippen LogP contribution in [-0.2, 0) is 14.6 Å². The Bertz CT molecular complexity index is 982. The summed E-state index contributed by atoms with van der Waals surface area (Å²) in [5.74, 6) is 6.12. The zero-order valence-electron chi connectivity index (χ0n) is 15.4. The van der Waals surface area contributed by atoms with Crippen LogP contribution in [0.3, 0.4) is 0 Å². The van der Waals surface area contributed by atoms with Crippen molar-refractivity contribution in [2.24, 2.45) is 0 Å². The number of sulfone groups is 1. The number of thioether (sulfide) groups is 1. The molecule has 29 heavy (non-hydrogen) atoms. The van der Waals surface area contributed by atoms with Gasteiger partial charge in [0.25, 0.3) is 0 Å². The van der Waals surface area contributed by atoms with Crippen molar-refractivity contribution in [3.8, 4) is 17.1 Å². The molecule has 2 heterocycles. The Hall–Kier alpha value is -2.41. The van der Waals surface area contributed by atoms with Crippen molar-refractivity contribution in [3.05, 3.63) is 24.3 Å². The summed E-state index contributed by atoms with van der Waals surface area (Å²) in [6.45, 7) is -2.91. The van der Waals surface area contributed by atoms with E-state index in [1.165, 1.54) is 33.8 Å². The fraction of sp³-hybridized carbons (Fsp3) is 0.438. The molecule has 9 nitrogen and oxygen atoms in total. The summed E-state index contributed by atoms with van der Waals surface area (Å²) in [5, 5.41) is 8.20.